The Morgan fingerprint density at radius 3 is 2.69 bits per heavy atom. The van der Waals surface area contributed by atoms with Crippen molar-refractivity contribution in [3.05, 3.63) is 52.3 Å². The minimum Gasteiger partial charge on any atom is -0.343 e. The highest BCUT2D eigenvalue weighted by Crippen LogP contribution is 2.26. The van der Waals surface area contributed by atoms with Crippen LogP contribution in [-0.2, 0) is 25.9 Å². The topological polar surface area (TPSA) is 50.2 Å². The molecule has 1 atom stereocenters. The number of benzene rings is 1. The molecule has 2 aromatic rings. The minimum absolute atomic E-state index is 0.00953. The van der Waals surface area contributed by atoms with E-state index < -0.39 is 0 Å². The predicted octanol–water partition coefficient (Wildman–Crippen LogP) is 2.95. The van der Waals surface area contributed by atoms with Gasteiger partial charge in [0.1, 0.15) is 0 Å². The minimum atomic E-state index is 0.00953. The van der Waals surface area contributed by atoms with Crippen LogP contribution in [-0.4, -0.2) is 40.7 Å². The van der Waals surface area contributed by atoms with Crippen LogP contribution in [0, 0.1) is 6.92 Å². The molecule has 1 aromatic carbocycles. The first-order valence-electron chi connectivity index (χ1n) is 9.58. The Labute approximate surface area is 156 Å². The first kappa shape index (κ1) is 18.6. The third kappa shape index (κ3) is 3.98. The fourth-order valence-electron chi connectivity index (χ4n) is 3.61. The Morgan fingerprint density at radius 2 is 2.04 bits per heavy atom. The van der Waals surface area contributed by atoms with Crippen LogP contribution in [0.1, 0.15) is 52.6 Å². The maximum absolute atomic E-state index is 12.6. The van der Waals surface area contributed by atoms with Gasteiger partial charge in [-0.15, -0.1) is 0 Å². The molecule has 0 bridgehead atoms. The van der Waals surface area contributed by atoms with Crippen molar-refractivity contribution >= 4 is 5.91 Å². The van der Waals surface area contributed by atoms with Crippen LogP contribution in [0.4, 0.5) is 0 Å². The lowest BCUT2D eigenvalue weighted by molar-refractivity contribution is 0.0819. The lowest BCUT2D eigenvalue weighted by Gasteiger charge is -2.25. The largest absolute Gasteiger partial charge is 0.343 e. The number of aryl methyl sites for hydroxylation is 2. The SMILES string of the molecule is CCCn1nc(C(=O)N(C)C)c2c1CC[C@@H](NCc1ccc(C)cc1)C2. The maximum Gasteiger partial charge on any atom is 0.274 e. The van der Waals surface area contributed by atoms with E-state index in [1.807, 2.05) is 0 Å². The molecule has 1 aliphatic carbocycles. The zero-order valence-electron chi connectivity index (χ0n) is 16.4. The summed E-state index contributed by atoms with van der Waals surface area (Å²) in [6, 6.07) is 9.04. The quantitative estimate of drug-likeness (QED) is 0.868. The summed E-state index contributed by atoms with van der Waals surface area (Å²) in [5, 5.41) is 8.34. The highest BCUT2D eigenvalue weighted by Gasteiger charge is 2.29. The van der Waals surface area contributed by atoms with Crippen LogP contribution in [0.2, 0.25) is 0 Å². The first-order chi connectivity index (χ1) is 12.5. The molecule has 140 valence electrons. The van der Waals surface area contributed by atoms with Crippen LogP contribution >= 0.6 is 0 Å². The van der Waals surface area contributed by atoms with E-state index in [0.29, 0.717) is 11.7 Å². The summed E-state index contributed by atoms with van der Waals surface area (Å²) in [7, 11) is 3.59. The molecule has 3 rings (SSSR count). The van der Waals surface area contributed by atoms with Crippen molar-refractivity contribution in [3.8, 4) is 0 Å². The molecule has 0 radical (unpaired) electrons. The number of hydrogen-bond donors (Lipinski definition) is 1. The molecule has 0 saturated heterocycles. The summed E-state index contributed by atoms with van der Waals surface area (Å²) in [6.07, 6.45) is 3.97. The van der Waals surface area contributed by atoms with Crippen LogP contribution < -0.4 is 5.32 Å². The van der Waals surface area contributed by atoms with Gasteiger partial charge in [-0.2, -0.15) is 5.10 Å². The Balaban J connectivity index is 1.75. The second kappa shape index (κ2) is 8.04. The summed E-state index contributed by atoms with van der Waals surface area (Å²) < 4.78 is 2.06. The summed E-state index contributed by atoms with van der Waals surface area (Å²) in [4.78, 5) is 14.2. The fourth-order valence-corrected chi connectivity index (χ4v) is 3.61. The Kier molecular flexibility index (Phi) is 5.77. The van der Waals surface area contributed by atoms with E-state index in [-0.39, 0.29) is 5.91 Å². The molecule has 0 saturated carbocycles. The molecule has 0 fully saturated rings. The molecular weight excluding hydrogens is 324 g/mol. The zero-order chi connectivity index (χ0) is 18.7. The number of carbonyl (C=O) groups excluding carboxylic acids is 1. The van der Waals surface area contributed by atoms with Crippen LogP contribution in [0.3, 0.4) is 0 Å². The van der Waals surface area contributed by atoms with E-state index in [9.17, 15) is 4.79 Å². The van der Waals surface area contributed by atoms with Crippen molar-refractivity contribution in [1.29, 1.82) is 0 Å². The number of carbonyl (C=O) groups is 1. The number of amides is 1. The molecule has 1 aliphatic rings. The van der Waals surface area contributed by atoms with Gasteiger partial charge in [0.05, 0.1) is 0 Å². The van der Waals surface area contributed by atoms with Crippen molar-refractivity contribution in [3.63, 3.8) is 0 Å². The molecule has 1 aromatic heterocycles. The molecule has 0 spiro atoms. The smallest absolute Gasteiger partial charge is 0.274 e. The number of hydrogen-bond acceptors (Lipinski definition) is 3. The van der Waals surface area contributed by atoms with Crippen molar-refractivity contribution in [1.82, 2.24) is 20.0 Å². The van der Waals surface area contributed by atoms with Gasteiger partial charge >= 0.3 is 0 Å². The van der Waals surface area contributed by atoms with Crippen LogP contribution in [0.25, 0.3) is 0 Å². The van der Waals surface area contributed by atoms with Gasteiger partial charge in [0.25, 0.3) is 5.91 Å². The Hall–Kier alpha value is -2.14. The fraction of sp³-hybridized carbons (Fsp3) is 0.524. The number of aromatic nitrogens is 2. The predicted molar refractivity (Wildman–Crippen MR) is 104 cm³/mol. The van der Waals surface area contributed by atoms with Crippen molar-refractivity contribution in [2.75, 3.05) is 14.1 Å². The van der Waals surface area contributed by atoms with Gasteiger partial charge < -0.3 is 10.2 Å². The Bertz CT molecular complexity index is 761. The highest BCUT2D eigenvalue weighted by molar-refractivity contribution is 5.93. The average Bonchev–Trinajstić information content (AvgIpc) is 2.98. The van der Waals surface area contributed by atoms with Gasteiger partial charge in [0, 0.05) is 44.5 Å². The molecule has 0 aliphatic heterocycles. The van der Waals surface area contributed by atoms with Crippen LogP contribution in [0.5, 0.6) is 0 Å². The molecular formula is C21H30N4O. The van der Waals surface area contributed by atoms with Gasteiger partial charge in [-0.05, 0) is 38.2 Å². The summed E-state index contributed by atoms with van der Waals surface area (Å²) in [5.74, 6) is 0.00953. The third-order valence-electron chi connectivity index (χ3n) is 5.11. The molecule has 26 heavy (non-hydrogen) atoms. The number of fused-ring (bicyclic) bond motifs is 1. The standard InChI is InChI=1S/C21H30N4O/c1-5-12-25-19-11-10-17(22-14-16-8-6-15(2)7-9-16)13-18(19)20(23-25)21(26)24(3)4/h6-9,17,22H,5,10-14H2,1-4H3/t17-/m1/s1. The Morgan fingerprint density at radius 1 is 1.31 bits per heavy atom. The number of nitrogens with zero attached hydrogens (tertiary/aromatic N) is 3. The van der Waals surface area contributed by atoms with E-state index in [4.69, 9.17) is 0 Å². The highest BCUT2D eigenvalue weighted by atomic mass is 16.2. The van der Waals surface area contributed by atoms with Crippen molar-refractivity contribution in [2.24, 2.45) is 0 Å². The van der Waals surface area contributed by atoms with E-state index in [2.05, 4.69) is 53.2 Å². The maximum atomic E-state index is 12.6. The third-order valence-corrected chi connectivity index (χ3v) is 5.11. The normalized spacial score (nSPS) is 16.4. The average molecular weight is 354 g/mol. The van der Waals surface area contributed by atoms with Crippen molar-refractivity contribution in [2.45, 2.75) is 58.7 Å². The summed E-state index contributed by atoms with van der Waals surface area (Å²) in [6.45, 7) is 6.00. The van der Waals surface area contributed by atoms with Gasteiger partial charge in [0.15, 0.2) is 5.69 Å². The van der Waals surface area contributed by atoms with Gasteiger partial charge in [-0.1, -0.05) is 36.8 Å². The van der Waals surface area contributed by atoms with E-state index >= 15 is 0 Å². The lowest BCUT2D eigenvalue weighted by atomic mass is 9.91. The second-order valence-electron chi connectivity index (χ2n) is 7.50. The lowest BCUT2D eigenvalue weighted by Crippen LogP contribution is -2.35. The van der Waals surface area contributed by atoms with E-state index in [1.165, 1.54) is 16.8 Å². The zero-order valence-corrected chi connectivity index (χ0v) is 16.4. The van der Waals surface area contributed by atoms with Gasteiger partial charge in [0.2, 0.25) is 0 Å². The second-order valence-corrected chi connectivity index (χ2v) is 7.50. The molecule has 1 heterocycles. The molecule has 5 nitrogen and oxygen atoms in total. The summed E-state index contributed by atoms with van der Waals surface area (Å²) >= 11 is 0. The number of nitrogens with one attached hydrogen (secondary N) is 1. The van der Waals surface area contributed by atoms with Gasteiger partial charge in [-0.25, -0.2) is 0 Å². The molecule has 0 unspecified atom stereocenters. The molecule has 1 N–H and O–H groups in total. The van der Waals surface area contributed by atoms with Crippen molar-refractivity contribution < 1.29 is 4.79 Å². The molecule has 1 amide bonds. The van der Waals surface area contributed by atoms with Crippen LogP contribution in [0.15, 0.2) is 24.3 Å². The monoisotopic (exact) mass is 354 g/mol. The number of rotatable bonds is 6. The van der Waals surface area contributed by atoms with E-state index in [1.54, 1.807) is 19.0 Å². The molecule has 5 heteroatoms. The summed E-state index contributed by atoms with van der Waals surface area (Å²) in [5.41, 5.74) is 5.62. The van der Waals surface area contributed by atoms with Gasteiger partial charge in [-0.3, -0.25) is 9.48 Å². The first-order valence-corrected chi connectivity index (χ1v) is 9.58. The van der Waals surface area contributed by atoms with E-state index in [0.717, 1.165) is 44.3 Å².